The topological polar surface area (TPSA) is 48.6 Å². The normalized spacial score (nSPS) is 12.9. The average molecular weight is 193 g/mol. The van der Waals surface area contributed by atoms with E-state index in [4.69, 9.17) is 5.41 Å². The first-order chi connectivity index (χ1) is 6.70. The molecule has 3 heteroatoms. The fourth-order valence-electron chi connectivity index (χ4n) is 0.937. The highest BCUT2D eigenvalue weighted by atomic mass is 14.7. The fourth-order valence-corrected chi connectivity index (χ4v) is 0.937. The van der Waals surface area contributed by atoms with Crippen molar-refractivity contribution in [2.75, 3.05) is 7.05 Å². The van der Waals surface area contributed by atoms with Gasteiger partial charge < -0.3 is 5.41 Å². The van der Waals surface area contributed by atoms with Gasteiger partial charge in [-0.15, -0.1) is 0 Å². The third-order valence-electron chi connectivity index (χ3n) is 1.78. The van der Waals surface area contributed by atoms with Crippen molar-refractivity contribution >= 4 is 17.6 Å². The second-order valence-electron chi connectivity index (χ2n) is 3.08. The molecule has 0 heterocycles. The van der Waals surface area contributed by atoms with Gasteiger partial charge in [-0.1, -0.05) is 6.92 Å². The minimum Gasteiger partial charge on any atom is -0.310 e. The summed E-state index contributed by atoms with van der Waals surface area (Å²) in [5.41, 5.74) is 1.85. The van der Waals surface area contributed by atoms with E-state index < -0.39 is 0 Å². The van der Waals surface area contributed by atoms with Crippen LogP contribution in [0, 0.1) is 5.41 Å². The summed E-state index contributed by atoms with van der Waals surface area (Å²) in [6.07, 6.45) is 7.92. The quantitative estimate of drug-likeness (QED) is 0.631. The van der Waals surface area contributed by atoms with Crippen molar-refractivity contribution in [3.8, 4) is 0 Å². The van der Waals surface area contributed by atoms with Crippen molar-refractivity contribution in [3.05, 3.63) is 12.3 Å². The van der Waals surface area contributed by atoms with Gasteiger partial charge in [-0.3, -0.25) is 9.98 Å². The molecule has 0 fully saturated rings. The van der Waals surface area contributed by atoms with Gasteiger partial charge >= 0.3 is 0 Å². The highest BCUT2D eigenvalue weighted by Crippen LogP contribution is 1.99. The van der Waals surface area contributed by atoms with Gasteiger partial charge in [0.05, 0.1) is 0 Å². The Hall–Kier alpha value is -1.25. The third kappa shape index (κ3) is 7.40. The lowest BCUT2D eigenvalue weighted by atomic mass is 10.1. The summed E-state index contributed by atoms with van der Waals surface area (Å²) in [6.45, 7) is 3.91. The summed E-state index contributed by atoms with van der Waals surface area (Å²) in [4.78, 5) is 8.12. The molecule has 0 amide bonds. The van der Waals surface area contributed by atoms with Crippen LogP contribution in [0.15, 0.2) is 22.3 Å². The van der Waals surface area contributed by atoms with Crippen LogP contribution in [0.2, 0.25) is 0 Å². The SMILES string of the molecule is CCC(CCC(C)=N)=N/C=C\C=NC. The number of hydrogen-bond acceptors (Lipinski definition) is 3. The number of hydrogen-bond donors (Lipinski definition) is 1. The molecule has 0 aliphatic carbocycles. The van der Waals surface area contributed by atoms with Crippen molar-refractivity contribution in [3.63, 3.8) is 0 Å². The van der Waals surface area contributed by atoms with Crippen LogP contribution in [-0.2, 0) is 0 Å². The standard InChI is InChI=1S/C11H19N3/c1-4-11(7-6-10(2)12)14-9-5-8-13-3/h5,8-9,12H,4,6-7H2,1-3H3/b9-5-,12-10?,13-8?,14-11?. The summed E-state index contributed by atoms with van der Waals surface area (Å²) in [5.74, 6) is 0. The molecule has 0 saturated carbocycles. The first-order valence-corrected chi connectivity index (χ1v) is 4.87. The predicted molar refractivity (Wildman–Crippen MR) is 63.9 cm³/mol. The summed E-state index contributed by atoms with van der Waals surface area (Å²) in [5, 5.41) is 7.31. The molecule has 14 heavy (non-hydrogen) atoms. The van der Waals surface area contributed by atoms with E-state index in [0.717, 1.165) is 25.0 Å². The molecule has 3 nitrogen and oxygen atoms in total. The molecule has 0 aliphatic heterocycles. The summed E-state index contributed by atoms with van der Waals surface area (Å²) in [6, 6.07) is 0. The predicted octanol–water partition coefficient (Wildman–Crippen LogP) is 2.87. The van der Waals surface area contributed by atoms with Gasteiger partial charge in [0.25, 0.3) is 0 Å². The Morgan fingerprint density at radius 2 is 2.07 bits per heavy atom. The molecule has 0 aromatic carbocycles. The van der Waals surface area contributed by atoms with E-state index in [2.05, 4.69) is 16.9 Å². The lowest BCUT2D eigenvalue weighted by Crippen LogP contribution is -1.99. The van der Waals surface area contributed by atoms with Crippen LogP contribution in [0.5, 0.6) is 0 Å². The molecule has 0 saturated heterocycles. The van der Waals surface area contributed by atoms with Crippen molar-refractivity contribution in [1.82, 2.24) is 0 Å². The lowest BCUT2D eigenvalue weighted by molar-refractivity contribution is 1.06. The molecule has 1 N–H and O–H groups in total. The molecule has 0 rings (SSSR count). The second kappa shape index (κ2) is 8.35. The Labute approximate surface area is 86.2 Å². The smallest absolute Gasteiger partial charge is 0.0282 e. The van der Waals surface area contributed by atoms with E-state index in [1.54, 1.807) is 19.5 Å². The van der Waals surface area contributed by atoms with Crippen LogP contribution in [0.4, 0.5) is 0 Å². The maximum atomic E-state index is 7.31. The van der Waals surface area contributed by atoms with Gasteiger partial charge in [0, 0.05) is 30.9 Å². The Kier molecular flexibility index (Phi) is 7.61. The zero-order valence-corrected chi connectivity index (χ0v) is 9.25. The van der Waals surface area contributed by atoms with Gasteiger partial charge in [-0.2, -0.15) is 0 Å². The molecule has 0 bridgehead atoms. The van der Waals surface area contributed by atoms with Gasteiger partial charge in [-0.25, -0.2) is 0 Å². The maximum Gasteiger partial charge on any atom is 0.0282 e. The highest BCUT2D eigenvalue weighted by molar-refractivity contribution is 5.89. The summed E-state index contributed by atoms with van der Waals surface area (Å²) in [7, 11) is 1.73. The molecular formula is C11H19N3. The van der Waals surface area contributed by atoms with E-state index in [1.165, 1.54) is 0 Å². The number of aliphatic imine (C=N–C) groups is 2. The lowest BCUT2D eigenvalue weighted by Gasteiger charge is -2.00. The van der Waals surface area contributed by atoms with Crippen LogP contribution in [0.25, 0.3) is 0 Å². The van der Waals surface area contributed by atoms with Gasteiger partial charge in [0.1, 0.15) is 0 Å². The molecule has 78 valence electrons. The zero-order valence-electron chi connectivity index (χ0n) is 9.25. The van der Waals surface area contributed by atoms with E-state index in [-0.39, 0.29) is 0 Å². The molecule has 0 aromatic heterocycles. The largest absolute Gasteiger partial charge is 0.310 e. The zero-order chi connectivity index (χ0) is 10.8. The monoisotopic (exact) mass is 193 g/mol. The molecule has 0 unspecified atom stereocenters. The Morgan fingerprint density at radius 3 is 2.57 bits per heavy atom. The Morgan fingerprint density at radius 1 is 1.36 bits per heavy atom. The minimum absolute atomic E-state index is 0.713. The molecular weight excluding hydrogens is 174 g/mol. The number of allylic oxidation sites excluding steroid dienone is 1. The van der Waals surface area contributed by atoms with Gasteiger partial charge in [0.2, 0.25) is 0 Å². The minimum atomic E-state index is 0.713. The first-order valence-electron chi connectivity index (χ1n) is 4.87. The van der Waals surface area contributed by atoms with E-state index >= 15 is 0 Å². The highest BCUT2D eigenvalue weighted by Gasteiger charge is 1.95. The van der Waals surface area contributed by atoms with Crippen molar-refractivity contribution in [2.24, 2.45) is 9.98 Å². The van der Waals surface area contributed by atoms with Crippen LogP contribution >= 0.6 is 0 Å². The Balaban J connectivity index is 4.04. The molecule has 0 atom stereocenters. The Bertz CT molecular complexity index is 249. The molecule has 0 aliphatic rings. The molecule has 0 aromatic rings. The average Bonchev–Trinajstić information content (AvgIpc) is 2.16. The van der Waals surface area contributed by atoms with Gasteiger partial charge in [0.15, 0.2) is 0 Å². The van der Waals surface area contributed by atoms with E-state index in [1.807, 2.05) is 13.0 Å². The number of nitrogens with one attached hydrogen (secondary N) is 1. The second-order valence-corrected chi connectivity index (χ2v) is 3.08. The summed E-state index contributed by atoms with van der Waals surface area (Å²) >= 11 is 0. The number of rotatable bonds is 6. The maximum absolute atomic E-state index is 7.31. The van der Waals surface area contributed by atoms with Crippen LogP contribution < -0.4 is 0 Å². The first kappa shape index (κ1) is 12.8. The van der Waals surface area contributed by atoms with Crippen LogP contribution in [0.1, 0.15) is 33.1 Å². The van der Waals surface area contributed by atoms with Crippen molar-refractivity contribution in [2.45, 2.75) is 33.1 Å². The summed E-state index contributed by atoms with van der Waals surface area (Å²) < 4.78 is 0. The fraction of sp³-hybridized carbons (Fsp3) is 0.545. The third-order valence-corrected chi connectivity index (χ3v) is 1.78. The van der Waals surface area contributed by atoms with E-state index in [9.17, 15) is 0 Å². The van der Waals surface area contributed by atoms with Crippen LogP contribution in [0.3, 0.4) is 0 Å². The van der Waals surface area contributed by atoms with Crippen molar-refractivity contribution < 1.29 is 0 Å². The molecule has 0 radical (unpaired) electrons. The molecule has 0 spiro atoms. The van der Waals surface area contributed by atoms with Gasteiger partial charge in [-0.05, 0) is 32.3 Å². The number of nitrogens with zero attached hydrogens (tertiary/aromatic N) is 2. The van der Waals surface area contributed by atoms with E-state index in [0.29, 0.717) is 5.71 Å². The van der Waals surface area contributed by atoms with Crippen molar-refractivity contribution in [1.29, 1.82) is 5.41 Å². The van der Waals surface area contributed by atoms with Crippen LogP contribution in [-0.4, -0.2) is 24.7 Å².